The fourth-order valence-corrected chi connectivity index (χ4v) is 9.10. The van der Waals surface area contributed by atoms with Crippen molar-refractivity contribution < 1.29 is 24.5 Å². The van der Waals surface area contributed by atoms with Gasteiger partial charge >= 0.3 is 5.97 Å². The van der Waals surface area contributed by atoms with E-state index in [1.54, 1.807) is 0 Å². The molecule has 0 fully saturated rings. The van der Waals surface area contributed by atoms with Gasteiger partial charge in [-0.2, -0.15) is 0 Å². The monoisotopic (exact) mass is 942 g/mol. The Morgan fingerprint density at radius 1 is 0.418 bits per heavy atom. The highest BCUT2D eigenvalue weighted by molar-refractivity contribution is 5.76. The molecule has 394 valence electrons. The summed E-state index contributed by atoms with van der Waals surface area (Å²) in [5.74, 6) is -0.138. The fourth-order valence-electron chi connectivity index (χ4n) is 9.10. The molecule has 0 heterocycles. The Morgan fingerprint density at radius 2 is 0.761 bits per heavy atom. The summed E-state index contributed by atoms with van der Waals surface area (Å²) in [5.41, 5.74) is 0. The zero-order valence-electron chi connectivity index (χ0n) is 44.9. The second-order valence-electron chi connectivity index (χ2n) is 20.3. The molecule has 0 saturated heterocycles. The van der Waals surface area contributed by atoms with E-state index in [9.17, 15) is 19.8 Å². The summed E-state index contributed by atoms with van der Waals surface area (Å²) in [6.45, 7) is 4.90. The highest BCUT2D eigenvalue weighted by Crippen LogP contribution is 2.17. The van der Waals surface area contributed by atoms with Crippen molar-refractivity contribution in [1.29, 1.82) is 0 Å². The predicted octanol–water partition coefficient (Wildman–Crippen LogP) is 18.4. The lowest BCUT2D eigenvalue weighted by atomic mass is 10.0. The summed E-state index contributed by atoms with van der Waals surface area (Å²) in [7, 11) is 0. The molecule has 67 heavy (non-hydrogen) atoms. The molecule has 2 unspecified atom stereocenters. The fraction of sp³-hybridized carbons (Fsp3) is 0.869. The second-order valence-corrected chi connectivity index (χ2v) is 20.3. The van der Waals surface area contributed by atoms with Gasteiger partial charge in [-0.05, 0) is 70.6 Å². The molecule has 6 nitrogen and oxygen atoms in total. The zero-order chi connectivity index (χ0) is 48.6. The van der Waals surface area contributed by atoms with Crippen LogP contribution >= 0.6 is 0 Å². The summed E-state index contributed by atoms with van der Waals surface area (Å²) in [6.07, 6.45) is 70.1. The number of nitrogens with one attached hydrogen (secondary N) is 1. The molecule has 6 heteroatoms. The topological polar surface area (TPSA) is 95.9 Å². The Bertz CT molecular complexity index is 1090. The molecule has 0 aliphatic heterocycles. The quantitative estimate of drug-likeness (QED) is 0.0321. The third kappa shape index (κ3) is 53.3. The predicted molar refractivity (Wildman–Crippen MR) is 292 cm³/mol. The summed E-state index contributed by atoms with van der Waals surface area (Å²) in [5, 5.41) is 23.3. The highest BCUT2D eigenvalue weighted by atomic mass is 16.5. The summed E-state index contributed by atoms with van der Waals surface area (Å²) in [4.78, 5) is 24.5. The van der Waals surface area contributed by atoms with Crippen molar-refractivity contribution in [3.05, 3.63) is 36.5 Å². The van der Waals surface area contributed by atoms with Gasteiger partial charge < -0.3 is 20.3 Å². The first-order valence-corrected chi connectivity index (χ1v) is 29.7. The normalized spacial score (nSPS) is 12.8. The van der Waals surface area contributed by atoms with E-state index in [-0.39, 0.29) is 18.5 Å². The van der Waals surface area contributed by atoms with E-state index in [2.05, 4.69) is 49.5 Å². The number of esters is 1. The molecule has 3 N–H and O–H groups in total. The van der Waals surface area contributed by atoms with Crippen molar-refractivity contribution in [1.82, 2.24) is 5.32 Å². The van der Waals surface area contributed by atoms with Crippen molar-refractivity contribution in [2.75, 3.05) is 13.2 Å². The average molecular weight is 943 g/mol. The molecule has 0 saturated carbocycles. The van der Waals surface area contributed by atoms with E-state index in [4.69, 9.17) is 4.74 Å². The van der Waals surface area contributed by atoms with E-state index in [0.717, 1.165) is 51.4 Å². The van der Waals surface area contributed by atoms with Crippen LogP contribution in [0.2, 0.25) is 0 Å². The van der Waals surface area contributed by atoms with Crippen LogP contribution in [0.3, 0.4) is 0 Å². The standard InChI is InChI=1S/C61H115NO5/c1-3-5-7-9-11-13-15-17-19-21-22-23-24-25-26-29-33-37-41-45-49-53-59(64)58(57-63)62-60(65)54-50-46-42-38-34-30-28-32-36-40-44-48-52-56-67-61(66)55-51-47-43-39-35-31-27-20-18-16-14-12-10-8-6-4-2/h20,27,30,34,42,46,58-59,63-64H,3-19,21-26,28-29,31-33,35-41,43-45,47-57H2,1-2H3,(H,62,65)/b27-20-,34-30-,46-42-. The molecular weight excluding hydrogens is 827 g/mol. The molecule has 0 radical (unpaired) electrons. The molecule has 0 aliphatic carbocycles. The average Bonchev–Trinajstić information content (AvgIpc) is 3.33. The highest BCUT2D eigenvalue weighted by Gasteiger charge is 2.19. The van der Waals surface area contributed by atoms with E-state index in [1.807, 2.05) is 6.08 Å². The smallest absolute Gasteiger partial charge is 0.305 e. The minimum atomic E-state index is -0.701. The van der Waals surface area contributed by atoms with Gasteiger partial charge in [-0.25, -0.2) is 0 Å². The molecule has 0 rings (SSSR count). The molecular formula is C61H115NO5. The molecule has 0 aromatic heterocycles. The third-order valence-corrected chi connectivity index (χ3v) is 13.7. The van der Waals surface area contributed by atoms with Gasteiger partial charge in [0, 0.05) is 12.8 Å². The van der Waals surface area contributed by atoms with Gasteiger partial charge in [-0.3, -0.25) is 9.59 Å². The summed E-state index contributed by atoms with van der Waals surface area (Å²) >= 11 is 0. The largest absolute Gasteiger partial charge is 0.466 e. The van der Waals surface area contributed by atoms with Crippen molar-refractivity contribution >= 4 is 11.9 Å². The van der Waals surface area contributed by atoms with E-state index >= 15 is 0 Å². The maximum Gasteiger partial charge on any atom is 0.305 e. The van der Waals surface area contributed by atoms with Gasteiger partial charge in [-0.15, -0.1) is 0 Å². The number of carbonyl (C=O) groups excluding carboxylic acids is 2. The lowest BCUT2D eigenvalue weighted by Crippen LogP contribution is -2.45. The van der Waals surface area contributed by atoms with E-state index in [0.29, 0.717) is 32.3 Å². The summed E-state index contributed by atoms with van der Waals surface area (Å²) < 4.78 is 5.46. The van der Waals surface area contributed by atoms with Gasteiger partial charge in [0.05, 0.1) is 25.4 Å². The number of aliphatic hydroxyl groups is 2. The lowest BCUT2D eigenvalue weighted by Gasteiger charge is -2.22. The van der Waals surface area contributed by atoms with Crippen LogP contribution in [0.25, 0.3) is 0 Å². The molecule has 0 aromatic rings. The van der Waals surface area contributed by atoms with Crippen LogP contribution in [0.4, 0.5) is 0 Å². The van der Waals surface area contributed by atoms with Crippen molar-refractivity contribution in [2.45, 2.75) is 328 Å². The minimum absolute atomic E-state index is 0.0240. The Balaban J connectivity index is 3.53. The third-order valence-electron chi connectivity index (χ3n) is 13.7. The first kappa shape index (κ1) is 65.1. The SMILES string of the molecule is CCCCCCCCC/C=C\CCCCCCCC(=O)OCCCCCCCC/C=C\C/C=C\CCC(=O)NC(CO)C(O)CCCCCCCCCCCCCCCCCCCCCCC. The molecule has 1 amide bonds. The van der Waals surface area contributed by atoms with Crippen LogP contribution in [0.5, 0.6) is 0 Å². The number of amides is 1. The van der Waals surface area contributed by atoms with Gasteiger partial charge in [0.2, 0.25) is 5.91 Å². The van der Waals surface area contributed by atoms with Crippen LogP contribution in [0.15, 0.2) is 36.5 Å². The number of carbonyl (C=O) groups is 2. The van der Waals surface area contributed by atoms with Gasteiger partial charge in [0.25, 0.3) is 0 Å². The van der Waals surface area contributed by atoms with E-state index in [1.165, 1.54) is 225 Å². The number of unbranched alkanes of at least 4 members (excludes halogenated alkanes) is 38. The molecule has 0 spiro atoms. The maximum absolute atomic E-state index is 12.5. The summed E-state index contributed by atoms with van der Waals surface area (Å²) in [6, 6.07) is -0.587. The second kappa shape index (κ2) is 56.7. The van der Waals surface area contributed by atoms with Gasteiger partial charge in [0.15, 0.2) is 0 Å². The van der Waals surface area contributed by atoms with Crippen LogP contribution < -0.4 is 5.32 Å². The Labute approximate surface area is 417 Å². The Kier molecular flexibility index (Phi) is 55.0. The molecule has 0 aliphatic rings. The van der Waals surface area contributed by atoms with Crippen molar-refractivity contribution in [2.24, 2.45) is 0 Å². The number of ether oxygens (including phenoxy) is 1. The number of allylic oxidation sites excluding steroid dienone is 6. The number of hydrogen-bond acceptors (Lipinski definition) is 5. The van der Waals surface area contributed by atoms with E-state index < -0.39 is 12.1 Å². The first-order valence-electron chi connectivity index (χ1n) is 29.7. The van der Waals surface area contributed by atoms with Crippen LogP contribution in [0, 0.1) is 0 Å². The van der Waals surface area contributed by atoms with Crippen molar-refractivity contribution in [3.8, 4) is 0 Å². The number of hydrogen-bond donors (Lipinski definition) is 3. The first-order chi connectivity index (χ1) is 33.0. The van der Waals surface area contributed by atoms with Crippen LogP contribution in [0.1, 0.15) is 316 Å². The Morgan fingerprint density at radius 3 is 1.18 bits per heavy atom. The molecule has 0 aromatic carbocycles. The van der Waals surface area contributed by atoms with Crippen LogP contribution in [-0.4, -0.2) is 47.4 Å². The minimum Gasteiger partial charge on any atom is -0.466 e. The number of aliphatic hydroxyl groups excluding tert-OH is 2. The lowest BCUT2D eigenvalue weighted by molar-refractivity contribution is -0.143. The van der Waals surface area contributed by atoms with Gasteiger partial charge in [0.1, 0.15) is 0 Å². The van der Waals surface area contributed by atoms with Gasteiger partial charge in [-0.1, -0.05) is 269 Å². The van der Waals surface area contributed by atoms with Crippen LogP contribution in [-0.2, 0) is 14.3 Å². The number of rotatable bonds is 55. The zero-order valence-corrected chi connectivity index (χ0v) is 44.9. The maximum atomic E-state index is 12.5. The Hall–Kier alpha value is -1.92. The van der Waals surface area contributed by atoms with Crippen molar-refractivity contribution in [3.63, 3.8) is 0 Å². The molecule has 2 atom stereocenters. The molecule has 0 bridgehead atoms.